The van der Waals surface area contributed by atoms with Gasteiger partial charge in [-0.15, -0.1) is 0 Å². The number of ether oxygens (including phenoxy) is 3. The molecule has 0 saturated carbocycles. The Kier molecular flexibility index (Phi) is 3.08. The van der Waals surface area contributed by atoms with Gasteiger partial charge in [0.25, 0.3) is 0 Å². The van der Waals surface area contributed by atoms with E-state index in [2.05, 4.69) is 19.0 Å². The van der Waals surface area contributed by atoms with Crippen molar-refractivity contribution in [1.29, 1.82) is 0 Å². The van der Waals surface area contributed by atoms with E-state index in [0.29, 0.717) is 19.8 Å². The minimum Gasteiger partial charge on any atom is -0.392 e. The second-order valence-electron chi connectivity index (χ2n) is 5.84. The van der Waals surface area contributed by atoms with Gasteiger partial charge in [0.05, 0.1) is 19.8 Å². The van der Waals surface area contributed by atoms with Gasteiger partial charge in [-0.3, -0.25) is 0 Å². The standard InChI is InChI=1S/C13H21NO4/c1-3-4-5-10-6-11(14-18-10)13-15-7-12(2,8-16-13)9-17-13/h10H,3-9H2,1-2H3. The normalized spacial score (nSPS) is 42.8. The summed E-state index contributed by atoms with van der Waals surface area (Å²) in [7, 11) is 0. The first-order valence-corrected chi connectivity index (χ1v) is 6.81. The van der Waals surface area contributed by atoms with E-state index in [1.165, 1.54) is 6.42 Å². The van der Waals surface area contributed by atoms with Gasteiger partial charge in [-0.25, -0.2) is 0 Å². The molecule has 1 atom stereocenters. The molecule has 4 rings (SSSR count). The van der Waals surface area contributed by atoms with Crippen molar-refractivity contribution in [2.45, 2.75) is 51.6 Å². The van der Waals surface area contributed by atoms with Crippen molar-refractivity contribution in [3.63, 3.8) is 0 Å². The Morgan fingerprint density at radius 2 is 1.89 bits per heavy atom. The summed E-state index contributed by atoms with van der Waals surface area (Å²) < 4.78 is 17.2. The van der Waals surface area contributed by atoms with E-state index in [4.69, 9.17) is 19.0 Å². The minimum atomic E-state index is -1.06. The van der Waals surface area contributed by atoms with Gasteiger partial charge in [-0.1, -0.05) is 25.4 Å². The van der Waals surface area contributed by atoms with Crippen LogP contribution in [0.3, 0.4) is 0 Å². The van der Waals surface area contributed by atoms with Crippen LogP contribution in [0.25, 0.3) is 0 Å². The van der Waals surface area contributed by atoms with Crippen molar-refractivity contribution >= 4 is 5.71 Å². The predicted molar refractivity (Wildman–Crippen MR) is 65.1 cm³/mol. The molecule has 18 heavy (non-hydrogen) atoms. The molecule has 0 aliphatic carbocycles. The van der Waals surface area contributed by atoms with Crippen LogP contribution in [0.5, 0.6) is 0 Å². The number of nitrogens with zero attached hydrogens (tertiary/aromatic N) is 1. The van der Waals surface area contributed by atoms with Gasteiger partial charge < -0.3 is 19.0 Å². The van der Waals surface area contributed by atoms with E-state index >= 15 is 0 Å². The fourth-order valence-electron chi connectivity index (χ4n) is 2.50. The third-order valence-corrected chi connectivity index (χ3v) is 3.80. The maximum Gasteiger partial charge on any atom is 0.329 e. The molecule has 1 unspecified atom stereocenters. The third kappa shape index (κ3) is 2.04. The van der Waals surface area contributed by atoms with Crippen LogP contribution in [-0.4, -0.2) is 37.6 Å². The number of unbranched alkanes of at least 4 members (excludes halogenated alkanes) is 1. The molecular formula is C13H21NO4. The lowest BCUT2D eigenvalue weighted by atomic mass is 9.91. The number of hydrogen-bond donors (Lipinski definition) is 0. The van der Waals surface area contributed by atoms with Crippen LogP contribution in [0.1, 0.15) is 39.5 Å². The summed E-state index contributed by atoms with van der Waals surface area (Å²) >= 11 is 0. The quantitative estimate of drug-likeness (QED) is 0.771. The Morgan fingerprint density at radius 3 is 2.50 bits per heavy atom. The summed E-state index contributed by atoms with van der Waals surface area (Å²) in [6, 6.07) is 0. The average Bonchev–Trinajstić information content (AvgIpc) is 2.87. The van der Waals surface area contributed by atoms with Crippen molar-refractivity contribution in [3.05, 3.63) is 0 Å². The second kappa shape index (κ2) is 4.47. The number of fused-ring (bicyclic) bond motifs is 3. The molecular weight excluding hydrogens is 234 g/mol. The Hall–Kier alpha value is -0.650. The van der Waals surface area contributed by atoms with Crippen LogP contribution in [-0.2, 0) is 19.0 Å². The van der Waals surface area contributed by atoms with Crippen molar-refractivity contribution in [2.75, 3.05) is 19.8 Å². The van der Waals surface area contributed by atoms with E-state index in [1.807, 2.05) is 0 Å². The Morgan fingerprint density at radius 1 is 1.22 bits per heavy atom. The van der Waals surface area contributed by atoms with E-state index in [0.717, 1.165) is 25.0 Å². The van der Waals surface area contributed by atoms with Crippen LogP contribution < -0.4 is 0 Å². The molecule has 4 aliphatic heterocycles. The summed E-state index contributed by atoms with van der Waals surface area (Å²) in [4.78, 5) is 5.44. The highest BCUT2D eigenvalue weighted by molar-refractivity contribution is 5.91. The minimum absolute atomic E-state index is 0.0105. The van der Waals surface area contributed by atoms with Crippen molar-refractivity contribution in [1.82, 2.24) is 0 Å². The molecule has 0 aromatic heterocycles. The van der Waals surface area contributed by atoms with Crippen molar-refractivity contribution in [2.24, 2.45) is 10.6 Å². The first-order valence-electron chi connectivity index (χ1n) is 6.81. The molecule has 0 radical (unpaired) electrons. The van der Waals surface area contributed by atoms with Gasteiger partial charge in [0, 0.05) is 11.8 Å². The molecule has 0 N–H and O–H groups in total. The maximum absolute atomic E-state index is 5.75. The zero-order valence-electron chi connectivity index (χ0n) is 11.1. The van der Waals surface area contributed by atoms with E-state index in [1.54, 1.807) is 0 Å². The Bertz CT molecular complexity index is 330. The molecule has 5 heteroatoms. The highest BCUT2D eigenvalue weighted by Crippen LogP contribution is 2.40. The van der Waals surface area contributed by atoms with Gasteiger partial charge in [0.15, 0.2) is 0 Å². The lowest BCUT2D eigenvalue weighted by Crippen LogP contribution is -2.62. The number of rotatable bonds is 4. The van der Waals surface area contributed by atoms with Crippen LogP contribution in [0, 0.1) is 5.41 Å². The van der Waals surface area contributed by atoms with E-state index < -0.39 is 5.97 Å². The van der Waals surface area contributed by atoms with Gasteiger partial charge in [-0.05, 0) is 12.8 Å². The van der Waals surface area contributed by atoms with Gasteiger partial charge in [-0.2, -0.15) is 0 Å². The van der Waals surface area contributed by atoms with Gasteiger partial charge in [0.1, 0.15) is 11.8 Å². The van der Waals surface area contributed by atoms with E-state index in [-0.39, 0.29) is 11.5 Å². The lowest BCUT2D eigenvalue weighted by Gasteiger charge is -2.49. The SMILES string of the molecule is CCCCC1CC(C23OCC(C)(CO2)CO3)=NO1. The van der Waals surface area contributed by atoms with Gasteiger partial charge >= 0.3 is 5.97 Å². The summed E-state index contributed by atoms with van der Waals surface area (Å²) in [5.74, 6) is -1.06. The summed E-state index contributed by atoms with van der Waals surface area (Å²) in [5, 5.41) is 4.13. The van der Waals surface area contributed by atoms with E-state index in [9.17, 15) is 0 Å². The fourth-order valence-corrected chi connectivity index (χ4v) is 2.50. The average molecular weight is 255 g/mol. The van der Waals surface area contributed by atoms with Gasteiger partial charge in [0.2, 0.25) is 0 Å². The van der Waals surface area contributed by atoms with Crippen LogP contribution >= 0.6 is 0 Å². The monoisotopic (exact) mass is 255 g/mol. The lowest BCUT2D eigenvalue weighted by molar-refractivity contribution is -0.430. The van der Waals surface area contributed by atoms with Crippen LogP contribution in [0.4, 0.5) is 0 Å². The first kappa shape index (κ1) is 12.4. The fraction of sp³-hybridized carbons (Fsp3) is 0.923. The maximum atomic E-state index is 5.75. The second-order valence-corrected chi connectivity index (χ2v) is 5.84. The summed E-state index contributed by atoms with van der Waals surface area (Å²) in [5.41, 5.74) is 0.744. The summed E-state index contributed by atoms with van der Waals surface area (Å²) in [6.45, 7) is 6.25. The topological polar surface area (TPSA) is 49.3 Å². The molecule has 3 fully saturated rings. The molecule has 4 aliphatic rings. The zero-order valence-corrected chi connectivity index (χ0v) is 11.1. The largest absolute Gasteiger partial charge is 0.392 e. The number of hydrogen-bond acceptors (Lipinski definition) is 5. The predicted octanol–water partition coefficient (Wildman–Crippen LogP) is 2.06. The zero-order chi connectivity index (χ0) is 12.6. The molecule has 5 nitrogen and oxygen atoms in total. The molecule has 3 saturated heterocycles. The molecule has 2 bridgehead atoms. The smallest absolute Gasteiger partial charge is 0.329 e. The molecule has 4 heterocycles. The molecule has 102 valence electrons. The van der Waals surface area contributed by atoms with Crippen molar-refractivity contribution in [3.8, 4) is 0 Å². The van der Waals surface area contributed by atoms with Crippen molar-refractivity contribution < 1.29 is 19.0 Å². The molecule has 0 spiro atoms. The number of oxime groups is 1. The first-order chi connectivity index (χ1) is 8.66. The Labute approximate surface area is 107 Å². The highest BCUT2D eigenvalue weighted by atomic mass is 16.9. The molecule has 0 aromatic carbocycles. The Balaban J connectivity index is 1.63. The summed E-state index contributed by atoms with van der Waals surface area (Å²) in [6.07, 6.45) is 4.25. The third-order valence-electron chi connectivity index (χ3n) is 3.80. The van der Waals surface area contributed by atoms with Crippen LogP contribution in [0.2, 0.25) is 0 Å². The van der Waals surface area contributed by atoms with Crippen LogP contribution in [0.15, 0.2) is 5.16 Å². The highest BCUT2D eigenvalue weighted by Gasteiger charge is 2.55. The molecule has 0 amide bonds. The molecule has 0 aromatic rings.